The molecule has 25 heavy (non-hydrogen) atoms. The zero-order valence-corrected chi connectivity index (χ0v) is 15.8. The molecule has 2 rings (SSSR count). The van der Waals surface area contributed by atoms with Crippen LogP contribution in [0.2, 0.25) is 0 Å². The third kappa shape index (κ3) is 5.66. The van der Waals surface area contributed by atoms with Crippen LogP contribution in [0.15, 0.2) is 23.2 Å². The van der Waals surface area contributed by atoms with Crippen molar-refractivity contribution in [1.82, 2.24) is 15.5 Å². The molecule has 0 saturated carbocycles. The van der Waals surface area contributed by atoms with Gasteiger partial charge in [-0.05, 0) is 43.5 Å². The van der Waals surface area contributed by atoms with Crippen molar-refractivity contribution in [1.29, 1.82) is 0 Å². The first-order valence-corrected chi connectivity index (χ1v) is 9.02. The fraction of sp³-hybridized carbons (Fsp3) is 0.579. The molecule has 0 aliphatic carbocycles. The molecule has 1 amide bonds. The Morgan fingerprint density at radius 1 is 1.36 bits per heavy atom. The van der Waals surface area contributed by atoms with Crippen LogP contribution in [0.3, 0.4) is 0 Å². The number of hydrogen-bond donors (Lipinski definition) is 2. The Morgan fingerprint density at radius 2 is 2.16 bits per heavy atom. The van der Waals surface area contributed by atoms with E-state index in [-0.39, 0.29) is 11.9 Å². The van der Waals surface area contributed by atoms with Gasteiger partial charge in [0.25, 0.3) is 0 Å². The number of carbonyl (C=O) groups is 1. The zero-order valence-electron chi connectivity index (χ0n) is 15.8. The lowest BCUT2D eigenvalue weighted by molar-refractivity contribution is -0.129. The SMILES string of the molecule is CCNC(=NCc1cc(C)cc(OC)c1)NC1CCN(C(=O)CC)C1. The Labute approximate surface area is 150 Å². The van der Waals surface area contributed by atoms with Crippen LogP contribution < -0.4 is 15.4 Å². The molecule has 0 aromatic heterocycles. The number of rotatable bonds is 6. The van der Waals surface area contributed by atoms with Crippen molar-refractivity contribution >= 4 is 11.9 Å². The van der Waals surface area contributed by atoms with E-state index in [0.29, 0.717) is 13.0 Å². The van der Waals surface area contributed by atoms with E-state index in [1.54, 1.807) is 7.11 Å². The summed E-state index contributed by atoms with van der Waals surface area (Å²) in [6.07, 6.45) is 1.52. The second-order valence-electron chi connectivity index (χ2n) is 6.38. The molecule has 6 nitrogen and oxygen atoms in total. The van der Waals surface area contributed by atoms with Gasteiger partial charge in [-0.3, -0.25) is 4.79 Å². The normalized spacial score (nSPS) is 17.5. The lowest BCUT2D eigenvalue weighted by Gasteiger charge is -2.18. The molecule has 0 radical (unpaired) electrons. The highest BCUT2D eigenvalue weighted by atomic mass is 16.5. The highest BCUT2D eigenvalue weighted by Crippen LogP contribution is 2.17. The highest BCUT2D eigenvalue weighted by Gasteiger charge is 2.25. The van der Waals surface area contributed by atoms with Gasteiger partial charge in [-0.25, -0.2) is 4.99 Å². The lowest BCUT2D eigenvalue weighted by Crippen LogP contribution is -2.45. The molecule has 138 valence electrons. The maximum Gasteiger partial charge on any atom is 0.222 e. The second kappa shape index (κ2) is 9.30. The van der Waals surface area contributed by atoms with Crippen LogP contribution in [-0.4, -0.2) is 49.6 Å². The standard InChI is InChI=1S/C19H30N4O2/c1-5-18(24)23-8-7-16(13-23)22-19(20-6-2)21-12-15-9-14(3)10-17(11-15)25-4/h9-11,16H,5-8,12-13H2,1-4H3,(H2,20,21,22). The Bertz CT molecular complexity index is 615. The summed E-state index contributed by atoms with van der Waals surface area (Å²) in [7, 11) is 1.68. The van der Waals surface area contributed by atoms with Crippen molar-refractivity contribution in [2.45, 2.75) is 46.2 Å². The Kier molecular flexibility index (Phi) is 7.10. The first kappa shape index (κ1) is 19.1. The second-order valence-corrected chi connectivity index (χ2v) is 6.38. The van der Waals surface area contributed by atoms with Gasteiger partial charge >= 0.3 is 0 Å². The number of nitrogens with zero attached hydrogens (tertiary/aromatic N) is 2. The predicted molar refractivity (Wildman–Crippen MR) is 101 cm³/mol. The van der Waals surface area contributed by atoms with Crippen LogP contribution in [0.1, 0.15) is 37.8 Å². The molecule has 1 heterocycles. The van der Waals surface area contributed by atoms with Gasteiger partial charge < -0.3 is 20.3 Å². The van der Waals surface area contributed by atoms with Gasteiger partial charge in [0.1, 0.15) is 5.75 Å². The van der Waals surface area contributed by atoms with E-state index in [2.05, 4.69) is 35.5 Å². The van der Waals surface area contributed by atoms with Crippen molar-refractivity contribution in [2.75, 3.05) is 26.7 Å². The summed E-state index contributed by atoms with van der Waals surface area (Å²) in [5.41, 5.74) is 2.27. The predicted octanol–water partition coefficient (Wildman–Crippen LogP) is 2.07. The summed E-state index contributed by atoms with van der Waals surface area (Å²) in [6, 6.07) is 6.39. The van der Waals surface area contributed by atoms with Crippen molar-refractivity contribution in [3.8, 4) is 5.75 Å². The summed E-state index contributed by atoms with van der Waals surface area (Å²) in [6.45, 7) is 8.95. The van der Waals surface area contributed by atoms with E-state index in [4.69, 9.17) is 4.74 Å². The Morgan fingerprint density at radius 3 is 2.84 bits per heavy atom. The number of carbonyl (C=O) groups excluding carboxylic acids is 1. The van der Waals surface area contributed by atoms with Crippen LogP contribution >= 0.6 is 0 Å². The minimum atomic E-state index is 0.220. The number of methoxy groups -OCH3 is 1. The number of hydrogen-bond acceptors (Lipinski definition) is 3. The molecule has 1 unspecified atom stereocenters. The third-order valence-electron chi connectivity index (χ3n) is 4.29. The first-order chi connectivity index (χ1) is 12.0. The molecule has 1 fully saturated rings. The molecule has 1 aromatic carbocycles. The quantitative estimate of drug-likeness (QED) is 0.611. The minimum Gasteiger partial charge on any atom is -0.497 e. The number of guanidine groups is 1. The van der Waals surface area contributed by atoms with Crippen LogP contribution in [-0.2, 0) is 11.3 Å². The van der Waals surface area contributed by atoms with Crippen molar-refractivity contribution in [3.05, 3.63) is 29.3 Å². The number of aryl methyl sites for hydroxylation is 1. The molecule has 1 aliphatic heterocycles. The lowest BCUT2D eigenvalue weighted by atomic mass is 10.1. The first-order valence-electron chi connectivity index (χ1n) is 9.02. The molecule has 2 N–H and O–H groups in total. The van der Waals surface area contributed by atoms with Crippen LogP contribution in [0.4, 0.5) is 0 Å². The topological polar surface area (TPSA) is 66.0 Å². The molecule has 1 saturated heterocycles. The van der Waals surface area contributed by atoms with E-state index in [9.17, 15) is 4.79 Å². The molecule has 1 atom stereocenters. The van der Waals surface area contributed by atoms with E-state index in [1.165, 1.54) is 0 Å². The van der Waals surface area contributed by atoms with Crippen LogP contribution in [0.5, 0.6) is 5.75 Å². The summed E-state index contributed by atoms with van der Waals surface area (Å²) >= 11 is 0. The Balaban J connectivity index is 1.99. The molecule has 6 heteroatoms. The van der Waals surface area contributed by atoms with Gasteiger partial charge in [-0.2, -0.15) is 0 Å². The smallest absolute Gasteiger partial charge is 0.222 e. The van der Waals surface area contributed by atoms with Gasteiger partial charge in [0.05, 0.1) is 13.7 Å². The van der Waals surface area contributed by atoms with Gasteiger partial charge in [0.2, 0.25) is 5.91 Å². The average molecular weight is 346 g/mol. The monoisotopic (exact) mass is 346 g/mol. The molecular formula is C19H30N4O2. The number of benzene rings is 1. The van der Waals surface area contributed by atoms with Gasteiger partial charge in [0.15, 0.2) is 5.96 Å². The van der Waals surface area contributed by atoms with E-state index in [1.807, 2.05) is 24.0 Å². The number of ether oxygens (including phenoxy) is 1. The maximum atomic E-state index is 11.8. The summed E-state index contributed by atoms with van der Waals surface area (Å²) < 4.78 is 5.33. The number of nitrogens with one attached hydrogen (secondary N) is 2. The molecule has 1 aromatic rings. The molecule has 1 aliphatic rings. The van der Waals surface area contributed by atoms with E-state index >= 15 is 0 Å². The van der Waals surface area contributed by atoms with Gasteiger partial charge in [-0.1, -0.05) is 13.0 Å². The molecule has 0 spiro atoms. The molecular weight excluding hydrogens is 316 g/mol. The number of likely N-dealkylation sites (tertiary alicyclic amines) is 1. The van der Waals surface area contributed by atoms with Gasteiger partial charge in [0, 0.05) is 32.1 Å². The Hall–Kier alpha value is -2.24. The fourth-order valence-corrected chi connectivity index (χ4v) is 3.05. The average Bonchev–Trinajstić information content (AvgIpc) is 3.07. The van der Waals surface area contributed by atoms with Crippen molar-refractivity contribution in [3.63, 3.8) is 0 Å². The zero-order chi connectivity index (χ0) is 18.2. The summed E-state index contributed by atoms with van der Waals surface area (Å²) in [4.78, 5) is 18.4. The van der Waals surface area contributed by atoms with Gasteiger partial charge in [-0.15, -0.1) is 0 Å². The summed E-state index contributed by atoms with van der Waals surface area (Å²) in [5, 5.41) is 6.74. The number of aliphatic imine (C=N–C) groups is 1. The molecule has 0 bridgehead atoms. The third-order valence-corrected chi connectivity index (χ3v) is 4.29. The largest absolute Gasteiger partial charge is 0.497 e. The summed E-state index contributed by atoms with van der Waals surface area (Å²) in [5.74, 6) is 1.87. The van der Waals surface area contributed by atoms with E-state index in [0.717, 1.165) is 48.9 Å². The fourth-order valence-electron chi connectivity index (χ4n) is 3.05. The highest BCUT2D eigenvalue weighted by molar-refractivity contribution is 5.80. The number of amides is 1. The van der Waals surface area contributed by atoms with Crippen molar-refractivity contribution < 1.29 is 9.53 Å². The van der Waals surface area contributed by atoms with Crippen molar-refractivity contribution in [2.24, 2.45) is 4.99 Å². The van der Waals surface area contributed by atoms with Crippen LogP contribution in [0, 0.1) is 6.92 Å². The maximum absolute atomic E-state index is 11.8. The van der Waals surface area contributed by atoms with E-state index < -0.39 is 0 Å². The van der Waals surface area contributed by atoms with Crippen LogP contribution in [0.25, 0.3) is 0 Å². The minimum absolute atomic E-state index is 0.220.